The van der Waals surface area contributed by atoms with Gasteiger partial charge in [0.05, 0.1) is 5.02 Å². The molecule has 0 amide bonds. The molecule has 1 saturated heterocycles. The molecule has 0 saturated carbocycles. The third kappa shape index (κ3) is 4.37. The molecule has 1 heterocycles. The van der Waals surface area contributed by atoms with E-state index in [1.807, 2.05) is 24.3 Å². The molecule has 1 fully saturated rings. The normalized spacial score (nSPS) is 16.8. The Labute approximate surface area is 120 Å². The number of hydrogen-bond acceptors (Lipinski definition) is 3. The number of rotatable bonds is 6. The summed E-state index contributed by atoms with van der Waals surface area (Å²) < 4.78 is 5.77. The Balaban J connectivity index is 1.78. The number of nitrogens with zero attached hydrogens (tertiary/aromatic N) is 1. The third-order valence-corrected chi connectivity index (χ3v) is 4.02. The molecule has 1 aliphatic heterocycles. The second-order valence-corrected chi connectivity index (χ2v) is 5.30. The molecule has 0 unspecified atom stereocenters. The predicted octanol–water partition coefficient (Wildman–Crippen LogP) is 2.79. The monoisotopic (exact) mass is 282 g/mol. The molecule has 1 N–H and O–H groups in total. The highest BCUT2D eigenvalue weighted by Gasteiger charge is 2.19. The first kappa shape index (κ1) is 14.6. The lowest BCUT2D eigenvalue weighted by Gasteiger charge is -2.33. The highest BCUT2D eigenvalue weighted by Crippen LogP contribution is 2.23. The molecule has 1 aromatic carbocycles. The van der Waals surface area contributed by atoms with Gasteiger partial charge in [0.25, 0.3) is 0 Å². The fraction of sp³-hybridized carbons (Fsp3) is 0.600. The van der Waals surface area contributed by atoms with Gasteiger partial charge in [0.2, 0.25) is 0 Å². The van der Waals surface area contributed by atoms with Crippen molar-refractivity contribution in [3.63, 3.8) is 0 Å². The Morgan fingerprint density at radius 2 is 2.05 bits per heavy atom. The van der Waals surface area contributed by atoms with Gasteiger partial charge in [-0.1, -0.05) is 30.7 Å². The Bertz CT molecular complexity index is 380. The van der Waals surface area contributed by atoms with E-state index >= 15 is 0 Å². The molecule has 0 spiro atoms. The largest absolute Gasteiger partial charge is 0.491 e. The molecule has 0 bridgehead atoms. The average molecular weight is 283 g/mol. The van der Waals surface area contributed by atoms with Crippen molar-refractivity contribution in [1.82, 2.24) is 10.2 Å². The van der Waals surface area contributed by atoms with Crippen LogP contribution in [-0.4, -0.2) is 43.7 Å². The zero-order valence-corrected chi connectivity index (χ0v) is 12.3. The lowest BCUT2D eigenvalue weighted by Crippen LogP contribution is -2.44. The summed E-state index contributed by atoms with van der Waals surface area (Å²) in [6, 6.07) is 8.35. The molecule has 0 radical (unpaired) electrons. The third-order valence-electron chi connectivity index (χ3n) is 3.70. The molecule has 1 aromatic rings. The van der Waals surface area contributed by atoms with E-state index in [2.05, 4.69) is 17.1 Å². The van der Waals surface area contributed by atoms with E-state index in [1.54, 1.807) is 0 Å². The van der Waals surface area contributed by atoms with Gasteiger partial charge in [-0.3, -0.25) is 4.90 Å². The minimum atomic E-state index is 0.687. The van der Waals surface area contributed by atoms with Crippen LogP contribution in [0, 0.1) is 0 Å². The van der Waals surface area contributed by atoms with Crippen LogP contribution in [0.4, 0.5) is 0 Å². The number of nitrogens with one attached hydrogen (secondary N) is 1. The number of para-hydroxylation sites is 1. The first-order valence-electron chi connectivity index (χ1n) is 7.13. The van der Waals surface area contributed by atoms with E-state index in [1.165, 1.54) is 12.8 Å². The van der Waals surface area contributed by atoms with E-state index in [0.29, 0.717) is 17.7 Å². The fourth-order valence-corrected chi connectivity index (χ4v) is 2.80. The Kier molecular flexibility index (Phi) is 5.95. The Morgan fingerprint density at radius 3 is 2.74 bits per heavy atom. The van der Waals surface area contributed by atoms with E-state index in [-0.39, 0.29) is 0 Å². The standard InChI is InChI=1S/C15H23ClN2O/c1-2-18(13-7-9-17-10-8-13)11-12-19-15-6-4-3-5-14(15)16/h3-6,13,17H,2,7-12H2,1H3. The second kappa shape index (κ2) is 7.73. The van der Waals surface area contributed by atoms with E-state index in [4.69, 9.17) is 16.3 Å². The predicted molar refractivity (Wildman–Crippen MR) is 80.1 cm³/mol. The van der Waals surface area contributed by atoms with Crippen molar-refractivity contribution in [2.24, 2.45) is 0 Å². The molecule has 4 heteroatoms. The first-order chi connectivity index (χ1) is 9.31. The molecule has 106 valence electrons. The minimum absolute atomic E-state index is 0.687. The Hall–Kier alpha value is -0.770. The Morgan fingerprint density at radius 1 is 1.32 bits per heavy atom. The number of benzene rings is 1. The van der Waals surface area contributed by atoms with Gasteiger partial charge in [-0.25, -0.2) is 0 Å². The number of likely N-dealkylation sites (N-methyl/N-ethyl adjacent to an activating group) is 1. The molecule has 0 atom stereocenters. The summed E-state index contributed by atoms with van der Waals surface area (Å²) in [6.07, 6.45) is 2.47. The highest BCUT2D eigenvalue weighted by atomic mass is 35.5. The minimum Gasteiger partial charge on any atom is -0.491 e. The summed E-state index contributed by atoms with van der Waals surface area (Å²) in [6.45, 7) is 7.22. The van der Waals surface area contributed by atoms with Crippen LogP contribution in [-0.2, 0) is 0 Å². The van der Waals surface area contributed by atoms with Gasteiger partial charge >= 0.3 is 0 Å². The highest BCUT2D eigenvalue weighted by molar-refractivity contribution is 6.32. The van der Waals surface area contributed by atoms with Crippen LogP contribution in [0.5, 0.6) is 5.75 Å². The lowest BCUT2D eigenvalue weighted by atomic mass is 10.1. The average Bonchev–Trinajstić information content (AvgIpc) is 2.46. The van der Waals surface area contributed by atoms with Crippen LogP contribution in [0.1, 0.15) is 19.8 Å². The van der Waals surface area contributed by atoms with Gasteiger partial charge in [0.1, 0.15) is 12.4 Å². The van der Waals surface area contributed by atoms with Crippen molar-refractivity contribution in [1.29, 1.82) is 0 Å². The quantitative estimate of drug-likeness (QED) is 0.868. The van der Waals surface area contributed by atoms with Gasteiger partial charge in [0, 0.05) is 12.6 Å². The van der Waals surface area contributed by atoms with Crippen molar-refractivity contribution in [3.8, 4) is 5.75 Å². The summed E-state index contributed by atoms with van der Waals surface area (Å²) in [5, 5.41) is 4.10. The van der Waals surface area contributed by atoms with Gasteiger partial charge in [-0.2, -0.15) is 0 Å². The van der Waals surface area contributed by atoms with Crippen LogP contribution in [0.3, 0.4) is 0 Å². The van der Waals surface area contributed by atoms with Crippen LogP contribution < -0.4 is 10.1 Å². The first-order valence-corrected chi connectivity index (χ1v) is 7.51. The second-order valence-electron chi connectivity index (χ2n) is 4.89. The molecule has 1 aliphatic rings. The zero-order valence-electron chi connectivity index (χ0n) is 11.6. The van der Waals surface area contributed by atoms with Crippen LogP contribution >= 0.6 is 11.6 Å². The summed E-state index contributed by atoms with van der Waals surface area (Å²) >= 11 is 6.08. The maximum Gasteiger partial charge on any atom is 0.137 e. The summed E-state index contributed by atoms with van der Waals surface area (Å²) in [4.78, 5) is 2.51. The molecule has 0 aliphatic carbocycles. The fourth-order valence-electron chi connectivity index (χ4n) is 2.61. The van der Waals surface area contributed by atoms with E-state index in [0.717, 1.165) is 31.9 Å². The summed E-state index contributed by atoms with van der Waals surface area (Å²) in [5.41, 5.74) is 0. The van der Waals surface area contributed by atoms with E-state index < -0.39 is 0 Å². The SMILES string of the molecule is CCN(CCOc1ccccc1Cl)C1CCNCC1. The zero-order chi connectivity index (χ0) is 13.5. The molecular weight excluding hydrogens is 260 g/mol. The molecule has 3 nitrogen and oxygen atoms in total. The summed E-state index contributed by atoms with van der Waals surface area (Å²) in [7, 11) is 0. The lowest BCUT2D eigenvalue weighted by molar-refractivity contribution is 0.141. The topological polar surface area (TPSA) is 24.5 Å². The van der Waals surface area contributed by atoms with Crippen LogP contribution in [0.2, 0.25) is 5.02 Å². The number of halogens is 1. The van der Waals surface area contributed by atoms with Gasteiger partial charge in [0.15, 0.2) is 0 Å². The summed E-state index contributed by atoms with van der Waals surface area (Å²) in [5.74, 6) is 0.783. The van der Waals surface area contributed by atoms with E-state index in [9.17, 15) is 0 Å². The van der Waals surface area contributed by atoms with Crippen LogP contribution in [0.25, 0.3) is 0 Å². The van der Waals surface area contributed by atoms with Crippen molar-refractivity contribution >= 4 is 11.6 Å². The van der Waals surface area contributed by atoms with Gasteiger partial charge < -0.3 is 10.1 Å². The van der Waals surface area contributed by atoms with Gasteiger partial charge in [-0.05, 0) is 44.6 Å². The smallest absolute Gasteiger partial charge is 0.137 e. The van der Waals surface area contributed by atoms with Crippen molar-refractivity contribution in [3.05, 3.63) is 29.3 Å². The number of hydrogen-bond donors (Lipinski definition) is 1. The van der Waals surface area contributed by atoms with Crippen molar-refractivity contribution < 1.29 is 4.74 Å². The number of piperidine rings is 1. The molecule has 2 rings (SSSR count). The maximum atomic E-state index is 6.08. The molecular formula is C15H23ClN2O. The molecule has 0 aromatic heterocycles. The maximum absolute atomic E-state index is 6.08. The molecule has 19 heavy (non-hydrogen) atoms. The van der Waals surface area contributed by atoms with Gasteiger partial charge in [-0.15, -0.1) is 0 Å². The van der Waals surface area contributed by atoms with Crippen molar-refractivity contribution in [2.75, 3.05) is 32.8 Å². The van der Waals surface area contributed by atoms with Crippen LogP contribution in [0.15, 0.2) is 24.3 Å². The number of ether oxygens (including phenoxy) is 1. The van der Waals surface area contributed by atoms with Crippen molar-refractivity contribution in [2.45, 2.75) is 25.8 Å².